The summed E-state index contributed by atoms with van der Waals surface area (Å²) in [7, 11) is 0. The Labute approximate surface area is 565 Å². The van der Waals surface area contributed by atoms with Gasteiger partial charge in [-0.3, -0.25) is 9.59 Å². The molecule has 0 aromatic carbocycles. The Kier molecular flexibility index (Phi) is 80.1. The van der Waals surface area contributed by atoms with Gasteiger partial charge in [0.25, 0.3) is 0 Å². The predicted molar refractivity (Wildman–Crippen MR) is 399 cm³/mol. The number of rotatable bonds is 80. The molecule has 0 heterocycles. The van der Waals surface area contributed by atoms with Crippen LogP contribution in [0, 0.1) is 0 Å². The third kappa shape index (κ3) is 78.8. The van der Waals surface area contributed by atoms with Crippen LogP contribution < -0.4 is 0 Å². The predicted octanol–water partition coefficient (Wildman–Crippen LogP) is 29.5. The Morgan fingerprint density at radius 3 is 0.600 bits per heavy atom. The molecule has 0 fully saturated rings. The molecule has 0 aliphatic rings. The van der Waals surface area contributed by atoms with Gasteiger partial charge in [0.2, 0.25) is 0 Å². The Hall–Kier alpha value is -1.62. The molecule has 0 aromatic heterocycles. The van der Waals surface area contributed by atoms with Crippen LogP contribution in [0.1, 0.15) is 489 Å². The van der Waals surface area contributed by atoms with Crippen molar-refractivity contribution in [3.63, 3.8) is 0 Å². The number of ether oxygens (including phenoxy) is 2. The van der Waals surface area contributed by atoms with E-state index in [-0.39, 0.29) is 25.2 Å². The molecule has 0 radical (unpaired) electrons. The molecule has 0 saturated heterocycles. The van der Waals surface area contributed by atoms with E-state index in [4.69, 9.17) is 9.47 Å². The van der Waals surface area contributed by atoms with Gasteiger partial charge in [-0.25, -0.2) is 0 Å². The summed E-state index contributed by atoms with van der Waals surface area (Å²) in [5.41, 5.74) is 0. The van der Waals surface area contributed by atoms with Crippen LogP contribution in [0.15, 0.2) is 24.3 Å². The van der Waals surface area contributed by atoms with Gasteiger partial charge in [-0.15, -0.1) is 0 Å². The van der Waals surface area contributed by atoms with E-state index >= 15 is 0 Å². The van der Waals surface area contributed by atoms with Crippen molar-refractivity contribution in [1.29, 1.82) is 0 Å². The fraction of sp³-hybridized carbons (Fsp3) is 0.929. The average molecular weight is 1270 g/mol. The van der Waals surface area contributed by atoms with Crippen molar-refractivity contribution in [3.05, 3.63) is 24.3 Å². The second-order valence-corrected chi connectivity index (χ2v) is 28.9. The second kappa shape index (κ2) is 81.6. The van der Waals surface area contributed by atoms with Gasteiger partial charge in [-0.2, -0.15) is 0 Å². The van der Waals surface area contributed by atoms with E-state index in [0.717, 1.165) is 32.1 Å². The quantitative estimate of drug-likeness (QED) is 0.0373. The third-order valence-electron chi connectivity index (χ3n) is 19.7. The van der Waals surface area contributed by atoms with Gasteiger partial charge in [0, 0.05) is 12.8 Å². The molecular formula is C85H164O5. The zero-order valence-corrected chi connectivity index (χ0v) is 61.7. The molecule has 0 aliphatic carbocycles. The first-order valence-electron chi connectivity index (χ1n) is 41.9. The Morgan fingerprint density at radius 1 is 0.244 bits per heavy atom. The summed E-state index contributed by atoms with van der Waals surface area (Å²) >= 11 is 0. The van der Waals surface area contributed by atoms with E-state index in [0.29, 0.717) is 12.8 Å². The number of esters is 2. The molecule has 1 N–H and O–H groups in total. The number of hydrogen-bond acceptors (Lipinski definition) is 5. The van der Waals surface area contributed by atoms with Gasteiger partial charge in [0.15, 0.2) is 6.10 Å². The molecule has 1 unspecified atom stereocenters. The van der Waals surface area contributed by atoms with Gasteiger partial charge in [-0.1, -0.05) is 436 Å². The highest BCUT2D eigenvalue weighted by atomic mass is 16.6. The lowest BCUT2D eigenvalue weighted by Gasteiger charge is -2.15. The Morgan fingerprint density at radius 2 is 0.411 bits per heavy atom. The minimum atomic E-state index is -0.769. The number of carbonyl (C=O) groups is 2. The van der Waals surface area contributed by atoms with E-state index in [9.17, 15) is 14.7 Å². The van der Waals surface area contributed by atoms with E-state index in [2.05, 4.69) is 38.2 Å². The van der Waals surface area contributed by atoms with Crippen molar-refractivity contribution in [3.8, 4) is 0 Å². The monoisotopic (exact) mass is 1270 g/mol. The molecule has 0 spiro atoms. The molecular weight excluding hydrogens is 1100 g/mol. The fourth-order valence-corrected chi connectivity index (χ4v) is 13.4. The lowest BCUT2D eigenvalue weighted by molar-refractivity contribution is -0.161. The van der Waals surface area contributed by atoms with Gasteiger partial charge in [0.05, 0.1) is 6.61 Å². The van der Waals surface area contributed by atoms with Gasteiger partial charge >= 0.3 is 11.9 Å². The standard InChI is InChI=1S/C85H164O5/c1-3-5-7-9-11-13-15-17-19-21-23-25-27-29-31-33-35-37-39-40-41-42-43-44-46-48-50-52-54-56-58-60-62-64-66-68-70-72-74-76-78-80-85(88)90-83(81-86)82-89-84(87)79-77-75-73-71-69-67-65-63-61-59-57-55-53-51-49-47-45-38-36-34-32-30-28-26-24-22-20-18-16-14-12-10-8-6-4-2/h21-24,83,86H,3-20,25-82H2,1-2H3/b23-21-,24-22-. The smallest absolute Gasteiger partial charge is 0.306 e. The lowest BCUT2D eigenvalue weighted by Crippen LogP contribution is -2.28. The van der Waals surface area contributed by atoms with Gasteiger partial charge in [-0.05, 0) is 64.2 Å². The van der Waals surface area contributed by atoms with Crippen LogP contribution in [-0.4, -0.2) is 36.4 Å². The largest absolute Gasteiger partial charge is 0.462 e. The first-order chi connectivity index (χ1) is 44.6. The maximum Gasteiger partial charge on any atom is 0.306 e. The van der Waals surface area contributed by atoms with Crippen molar-refractivity contribution in [2.45, 2.75) is 495 Å². The molecule has 0 bridgehead atoms. The maximum atomic E-state index is 12.4. The summed E-state index contributed by atoms with van der Waals surface area (Å²) in [5, 5.41) is 9.74. The zero-order valence-electron chi connectivity index (χ0n) is 61.7. The molecule has 0 aliphatic heterocycles. The summed E-state index contributed by atoms with van der Waals surface area (Å²) in [6.45, 7) is 4.22. The lowest BCUT2D eigenvalue weighted by atomic mass is 10.0. The van der Waals surface area contributed by atoms with Crippen LogP contribution in [-0.2, 0) is 19.1 Å². The van der Waals surface area contributed by atoms with Crippen LogP contribution in [0.3, 0.4) is 0 Å². The van der Waals surface area contributed by atoms with Crippen molar-refractivity contribution in [2.75, 3.05) is 13.2 Å². The average Bonchev–Trinajstić information content (AvgIpc) is 3.60. The molecule has 534 valence electrons. The normalized spacial score (nSPS) is 12.2. The maximum absolute atomic E-state index is 12.4. The van der Waals surface area contributed by atoms with Crippen molar-refractivity contribution < 1.29 is 24.2 Å². The summed E-state index contributed by atoms with van der Waals surface area (Å²) in [4.78, 5) is 24.7. The molecule has 0 aromatic rings. The highest BCUT2D eigenvalue weighted by molar-refractivity contribution is 5.70. The fourth-order valence-electron chi connectivity index (χ4n) is 13.4. The topological polar surface area (TPSA) is 72.8 Å². The number of carbonyl (C=O) groups excluding carboxylic acids is 2. The highest BCUT2D eigenvalue weighted by Gasteiger charge is 2.16. The molecule has 0 saturated carbocycles. The number of aliphatic hydroxyl groups is 1. The van der Waals surface area contributed by atoms with Gasteiger partial charge < -0.3 is 14.6 Å². The molecule has 0 amide bonds. The van der Waals surface area contributed by atoms with E-state index in [1.807, 2.05) is 0 Å². The van der Waals surface area contributed by atoms with Crippen LogP contribution >= 0.6 is 0 Å². The van der Waals surface area contributed by atoms with Crippen LogP contribution in [0.25, 0.3) is 0 Å². The minimum absolute atomic E-state index is 0.0569. The van der Waals surface area contributed by atoms with E-state index in [1.165, 1.54) is 430 Å². The molecule has 5 heteroatoms. The number of hydrogen-bond donors (Lipinski definition) is 1. The second-order valence-electron chi connectivity index (χ2n) is 28.9. The SMILES string of the molecule is CCCCCCCCCC/C=C\CCCCCCCCCCCCCCCCCCCCCCCCCCCCCCCC(=O)OC(CO)COC(=O)CCCCCCCCCCCCCCCCCCCCCCCCC/C=C\CCCCCCCCCC. The zero-order chi connectivity index (χ0) is 64.7. The van der Waals surface area contributed by atoms with E-state index in [1.54, 1.807) is 0 Å². The minimum Gasteiger partial charge on any atom is -0.462 e. The summed E-state index contributed by atoms with van der Waals surface area (Å²) < 4.78 is 10.8. The van der Waals surface area contributed by atoms with E-state index < -0.39 is 6.10 Å². The molecule has 5 nitrogen and oxygen atoms in total. The van der Waals surface area contributed by atoms with Crippen molar-refractivity contribution in [1.82, 2.24) is 0 Å². The number of allylic oxidation sites excluding steroid dienone is 4. The summed E-state index contributed by atoms with van der Waals surface area (Å²) in [5.74, 6) is -0.558. The third-order valence-corrected chi connectivity index (χ3v) is 19.7. The number of unbranched alkanes of at least 4 members (excludes halogenated alkanes) is 68. The van der Waals surface area contributed by atoms with Crippen molar-refractivity contribution >= 4 is 11.9 Å². The first-order valence-corrected chi connectivity index (χ1v) is 41.9. The molecule has 1 atom stereocenters. The number of aliphatic hydroxyl groups excluding tert-OH is 1. The molecule has 90 heavy (non-hydrogen) atoms. The van der Waals surface area contributed by atoms with Crippen LogP contribution in [0.2, 0.25) is 0 Å². The summed E-state index contributed by atoms with van der Waals surface area (Å²) in [6, 6.07) is 0. The Balaban J connectivity index is 3.34. The van der Waals surface area contributed by atoms with Crippen LogP contribution in [0.4, 0.5) is 0 Å². The Bertz CT molecular complexity index is 1390. The molecule has 0 rings (SSSR count). The highest BCUT2D eigenvalue weighted by Crippen LogP contribution is 2.21. The first kappa shape index (κ1) is 88.4. The van der Waals surface area contributed by atoms with Crippen molar-refractivity contribution in [2.24, 2.45) is 0 Å². The summed E-state index contributed by atoms with van der Waals surface area (Å²) in [6.07, 6.45) is 109. The van der Waals surface area contributed by atoms with Crippen LogP contribution in [0.5, 0.6) is 0 Å². The van der Waals surface area contributed by atoms with Gasteiger partial charge in [0.1, 0.15) is 6.61 Å².